The SMILES string of the molecule is CCc1ccc(OCC(=O)NC(C)Cc2cccs2)cc1. The summed E-state index contributed by atoms with van der Waals surface area (Å²) in [7, 11) is 0. The van der Waals surface area contributed by atoms with E-state index in [1.165, 1.54) is 10.4 Å². The average molecular weight is 303 g/mol. The Kier molecular flexibility index (Phi) is 5.81. The molecule has 0 spiro atoms. The second kappa shape index (κ2) is 7.84. The van der Waals surface area contributed by atoms with E-state index < -0.39 is 0 Å². The van der Waals surface area contributed by atoms with Crippen molar-refractivity contribution in [3.8, 4) is 5.75 Å². The first kappa shape index (κ1) is 15.6. The van der Waals surface area contributed by atoms with E-state index in [1.807, 2.05) is 42.6 Å². The highest BCUT2D eigenvalue weighted by atomic mass is 32.1. The van der Waals surface area contributed by atoms with Crippen molar-refractivity contribution in [1.29, 1.82) is 0 Å². The number of hydrogen-bond donors (Lipinski definition) is 1. The summed E-state index contributed by atoms with van der Waals surface area (Å²) in [4.78, 5) is 13.1. The van der Waals surface area contributed by atoms with Crippen LogP contribution in [0.2, 0.25) is 0 Å². The Hall–Kier alpha value is -1.81. The normalized spacial score (nSPS) is 11.9. The summed E-state index contributed by atoms with van der Waals surface area (Å²) >= 11 is 1.71. The van der Waals surface area contributed by atoms with Gasteiger partial charge in [-0.1, -0.05) is 25.1 Å². The molecule has 0 bridgehead atoms. The number of ether oxygens (including phenoxy) is 1. The monoisotopic (exact) mass is 303 g/mol. The molecule has 0 aliphatic rings. The molecule has 112 valence electrons. The van der Waals surface area contributed by atoms with Gasteiger partial charge < -0.3 is 10.1 Å². The molecule has 1 aromatic heterocycles. The van der Waals surface area contributed by atoms with E-state index in [0.29, 0.717) is 0 Å². The van der Waals surface area contributed by atoms with Crippen LogP contribution in [0.15, 0.2) is 41.8 Å². The molecule has 0 aliphatic heterocycles. The Morgan fingerprint density at radius 1 is 1.29 bits per heavy atom. The molecule has 1 aromatic carbocycles. The maximum atomic E-state index is 11.8. The summed E-state index contributed by atoms with van der Waals surface area (Å²) in [5.74, 6) is 0.645. The summed E-state index contributed by atoms with van der Waals surface area (Å²) in [6.07, 6.45) is 1.86. The highest BCUT2D eigenvalue weighted by molar-refractivity contribution is 7.09. The molecule has 2 aromatic rings. The standard InChI is InChI=1S/C17H21NO2S/c1-3-14-6-8-15(9-7-14)20-12-17(19)18-13(2)11-16-5-4-10-21-16/h4-10,13H,3,11-12H2,1-2H3,(H,18,19). The van der Waals surface area contributed by atoms with Gasteiger partial charge in [0.25, 0.3) is 5.91 Å². The minimum absolute atomic E-state index is 0.0558. The van der Waals surface area contributed by atoms with Gasteiger partial charge in [-0.05, 0) is 42.5 Å². The Morgan fingerprint density at radius 3 is 2.67 bits per heavy atom. The van der Waals surface area contributed by atoms with E-state index in [2.05, 4.69) is 18.3 Å². The highest BCUT2D eigenvalue weighted by Crippen LogP contribution is 2.13. The van der Waals surface area contributed by atoms with Crippen LogP contribution in [0.5, 0.6) is 5.75 Å². The molecule has 1 unspecified atom stereocenters. The molecule has 21 heavy (non-hydrogen) atoms. The average Bonchev–Trinajstić information content (AvgIpc) is 2.98. The van der Waals surface area contributed by atoms with E-state index in [1.54, 1.807) is 11.3 Å². The minimum atomic E-state index is -0.0846. The van der Waals surface area contributed by atoms with Crippen LogP contribution < -0.4 is 10.1 Å². The zero-order valence-electron chi connectivity index (χ0n) is 12.5. The maximum Gasteiger partial charge on any atom is 0.258 e. The smallest absolute Gasteiger partial charge is 0.258 e. The number of nitrogens with one attached hydrogen (secondary N) is 1. The Labute approximate surface area is 130 Å². The van der Waals surface area contributed by atoms with Crippen LogP contribution >= 0.6 is 11.3 Å². The molecule has 2 rings (SSSR count). The largest absolute Gasteiger partial charge is 0.484 e. The third-order valence-electron chi connectivity index (χ3n) is 3.20. The first-order chi connectivity index (χ1) is 10.2. The van der Waals surface area contributed by atoms with Gasteiger partial charge in [0.2, 0.25) is 0 Å². The van der Waals surface area contributed by atoms with Crippen molar-refractivity contribution in [3.63, 3.8) is 0 Å². The van der Waals surface area contributed by atoms with E-state index >= 15 is 0 Å². The minimum Gasteiger partial charge on any atom is -0.484 e. The van der Waals surface area contributed by atoms with Crippen LogP contribution in [0.25, 0.3) is 0 Å². The van der Waals surface area contributed by atoms with Crippen molar-refractivity contribution >= 4 is 17.2 Å². The first-order valence-electron chi connectivity index (χ1n) is 7.21. The Balaban J connectivity index is 1.73. The lowest BCUT2D eigenvalue weighted by Gasteiger charge is -2.13. The van der Waals surface area contributed by atoms with Gasteiger partial charge in [-0.25, -0.2) is 0 Å². The zero-order valence-corrected chi connectivity index (χ0v) is 13.3. The van der Waals surface area contributed by atoms with Crippen molar-refractivity contribution in [1.82, 2.24) is 5.32 Å². The third kappa shape index (κ3) is 5.23. The fourth-order valence-electron chi connectivity index (χ4n) is 2.07. The van der Waals surface area contributed by atoms with E-state index in [9.17, 15) is 4.79 Å². The molecule has 0 saturated carbocycles. The first-order valence-corrected chi connectivity index (χ1v) is 8.09. The van der Waals surface area contributed by atoms with Crippen LogP contribution in [0.3, 0.4) is 0 Å². The van der Waals surface area contributed by atoms with Crippen LogP contribution in [0.1, 0.15) is 24.3 Å². The van der Waals surface area contributed by atoms with Crippen molar-refractivity contribution in [2.75, 3.05) is 6.61 Å². The zero-order chi connectivity index (χ0) is 15.1. The van der Waals surface area contributed by atoms with Gasteiger partial charge >= 0.3 is 0 Å². The lowest BCUT2D eigenvalue weighted by molar-refractivity contribution is -0.123. The number of amides is 1. The third-order valence-corrected chi connectivity index (χ3v) is 4.10. The van der Waals surface area contributed by atoms with Crippen molar-refractivity contribution in [2.45, 2.75) is 32.7 Å². The summed E-state index contributed by atoms with van der Waals surface area (Å²) in [6, 6.07) is 12.1. The summed E-state index contributed by atoms with van der Waals surface area (Å²) in [5, 5.41) is 5.00. The predicted octanol–water partition coefficient (Wildman–Crippen LogP) is 3.44. The van der Waals surface area contributed by atoms with Crippen molar-refractivity contribution in [3.05, 3.63) is 52.2 Å². The molecule has 0 fully saturated rings. The lowest BCUT2D eigenvalue weighted by atomic mass is 10.2. The number of rotatable bonds is 7. The number of hydrogen-bond acceptors (Lipinski definition) is 3. The molecule has 1 heterocycles. The molecule has 1 atom stereocenters. The van der Waals surface area contributed by atoms with Gasteiger partial charge in [-0.2, -0.15) is 0 Å². The molecule has 0 aliphatic carbocycles. The fraction of sp³-hybridized carbons (Fsp3) is 0.353. The number of aryl methyl sites for hydroxylation is 1. The number of carbonyl (C=O) groups excluding carboxylic acids is 1. The highest BCUT2D eigenvalue weighted by Gasteiger charge is 2.09. The fourth-order valence-corrected chi connectivity index (χ4v) is 2.90. The molecule has 0 radical (unpaired) electrons. The number of benzene rings is 1. The molecule has 3 nitrogen and oxygen atoms in total. The molecule has 1 amide bonds. The second-order valence-electron chi connectivity index (χ2n) is 5.04. The van der Waals surface area contributed by atoms with Gasteiger partial charge in [0.15, 0.2) is 6.61 Å². The molecular weight excluding hydrogens is 282 g/mol. The van der Waals surface area contributed by atoms with Gasteiger partial charge in [0, 0.05) is 17.3 Å². The van der Waals surface area contributed by atoms with Crippen molar-refractivity contribution < 1.29 is 9.53 Å². The molecule has 0 saturated heterocycles. The summed E-state index contributed by atoms with van der Waals surface area (Å²) < 4.78 is 5.49. The van der Waals surface area contributed by atoms with Gasteiger partial charge in [-0.3, -0.25) is 4.79 Å². The summed E-state index contributed by atoms with van der Waals surface area (Å²) in [6.45, 7) is 4.17. The van der Waals surface area contributed by atoms with E-state index in [4.69, 9.17) is 4.74 Å². The van der Waals surface area contributed by atoms with E-state index in [0.717, 1.165) is 18.6 Å². The molecular formula is C17H21NO2S. The van der Waals surface area contributed by atoms with Gasteiger partial charge in [0.1, 0.15) is 5.75 Å². The van der Waals surface area contributed by atoms with Crippen LogP contribution in [0.4, 0.5) is 0 Å². The number of thiophene rings is 1. The Morgan fingerprint density at radius 2 is 2.05 bits per heavy atom. The van der Waals surface area contributed by atoms with Crippen LogP contribution in [-0.2, 0) is 17.6 Å². The van der Waals surface area contributed by atoms with Crippen LogP contribution in [0, 0.1) is 0 Å². The number of carbonyl (C=O) groups is 1. The van der Waals surface area contributed by atoms with Gasteiger partial charge in [0.05, 0.1) is 0 Å². The second-order valence-corrected chi connectivity index (χ2v) is 6.07. The molecule has 1 N–H and O–H groups in total. The predicted molar refractivity (Wildman–Crippen MR) is 86.9 cm³/mol. The maximum absolute atomic E-state index is 11.8. The van der Waals surface area contributed by atoms with Crippen LogP contribution in [-0.4, -0.2) is 18.6 Å². The lowest BCUT2D eigenvalue weighted by Crippen LogP contribution is -2.37. The topological polar surface area (TPSA) is 38.3 Å². The Bertz CT molecular complexity index is 549. The summed E-state index contributed by atoms with van der Waals surface area (Å²) in [5.41, 5.74) is 1.26. The van der Waals surface area contributed by atoms with Crippen molar-refractivity contribution in [2.24, 2.45) is 0 Å². The van der Waals surface area contributed by atoms with Gasteiger partial charge in [-0.15, -0.1) is 11.3 Å². The molecule has 4 heteroatoms. The quantitative estimate of drug-likeness (QED) is 0.851. The van der Waals surface area contributed by atoms with E-state index in [-0.39, 0.29) is 18.6 Å².